The van der Waals surface area contributed by atoms with E-state index in [1.807, 2.05) is 12.1 Å². The Bertz CT molecular complexity index is 2090. The number of aryl methyl sites for hydroxylation is 2. The third kappa shape index (κ3) is 4.25. The molecule has 1 atom stereocenters. The zero-order valence-corrected chi connectivity index (χ0v) is 22.7. The van der Waals surface area contributed by atoms with Crippen molar-refractivity contribution >= 4 is 28.8 Å². The van der Waals surface area contributed by atoms with Crippen LogP contribution in [-0.4, -0.2) is 9.49 Å². The van der Waals surface area contributed by atoms with Crippen LogP contribution >= 0.6 is 11.3 Å². The molecular weight excluding hydrogens is 541 g/mol. The summed E-state index contributed by atoms with van der Waals surface area (Å²) >= 11 is 1.26. The van der Waals surface area contributed by atoms with Crippen molar-refractivity contribution in [3.05, 3.63) is 148 Å². The van der Waals surface area contributed by atoms with Crippen molar-refractivity contribution < 1.29 is 13.7 Å². The number of fused-ring (bicyclic) bond motifs is 3. The molecule has 0 bridgehead atoms. The molecule has 1 aliphatic heterocycles. The molecule has 7 nitrogen and oxygen atoms in total. The van der Waals surface area contributed by atoms with Crippen molar-refractivity contribution in [2.75, 3.05) is 0 Å². The van der Waals surface area contributed by atoms with Crippen molar-refractivity contribution in [2.45, 2.75) is 25.8 Å². The lowest BCUT2D eigenvalue weighted by Gasteiger charge is -2.30. The lowest BCUT2D eigenvalue weighted by molar-refractivity contribution is -0.384. The van der Waals surface area contributed by atoms with Crippen LogP contribution in [0.4, 0.5) is 10.1 Å². The lowest BCUT2D eigenvalue weighted by atomic mass is 9.83. The van der Waals surface area contributed by atoms with Crippen LogP contribution in [0.25, 0.3) is 23.1 Å². The first kappa shape index (κ1) is 25.1. The fraction of sp³-hybridized carbons (Fsp3) is 0.125. The van der Waals surface area contributed by atoms with E-state index in [0.717, 1.165) is 40.8 Å². The number of aromatic nitrogens is 1. The number of rotatable bonds is 4. The number of hydrogen-bond acceptors (Lipinski definition) is 6. The number of nitro groups is 1. The lowest BCUT2D eigenvalue weighted by Crippen LogP contribution is -2.38. The van der Waals surface area contributed by atoms with Crippen LogP contribution in [0.5, 0.6) is 0 Å². The Labute approximate surface area is 237 Å². The van der Waals surface area contributed by atoms with Gasteiger partial charge in [-0.3, -0.25) is 19.5 Å². The Morgan fingerprint density at radius 3 is 2.66 bits per heavy atom. The zero-order valence-electron chi connectivity index (χ0n) is 21.8. The van der Waals surface area contributed by atoms with Gasteiger partial charge in [-0.05, 0) is 72.4 Å². The van der Waals surface area contributed by atoms with Gasteiger partial charge < -0.3 is 4.42 Å². The third-order valence-electron chi connectivity index (χ3n) is 7.57. The van der Waals surface area contributed by atoms with Gasteiger partial charge in [-0.15, -0.1) is 0 Å². The Balaban J connectivity index is 1.38. The van der Waals surface area contributed by atoms with Crippen LogP contribution in [0, 0.1) is 22.9 Å². The second kappa shape index (κ2) is 9.64. The van der Waals surface area contributed by atoms with Gasteiger partial charge in [-0.25, -0.2) is 9.38 Å². The van der Waals surface area contributed by atoms with E-state index in [1.165, 1.54) is 35.1 Å². The van der Waals surface area contributed by atoms with E-state index in [-0.39, 0.29) is 17.1 Å². The first-order valence-electron chi connectivity index (χ1n) is 13.1. The number of allylic oxidation sites excluding steroid dienone is 1. The molecule has 0 spiro atoms. The Morgan fingerprint density at radius 1 is 1.05 bits per heavy atom. The minimum atomic E-state index is -0.433. The highest BCUT2D eigenvalue weighted by molar-refractivity contribution is 7.07. The van der Waals surface area contributed by atoms with Gasteiger partial charge in [-0.2, -0.15) is 0 Å². The summed E-state index contributed by atoms with van der Waals surface area (Å²) in [6.07, 6.45) is 3.21. The fourth-order valence-corrected chi connectivity index (χ4v) is 6.65. The molecule has 7 rings (SSSR count). The summed E-state index contributed by atoms with van der Waals surface area (Å²) in [6, 6.07) is 22.3. The number of nitro benzene ring substituents is 1. The summed E-state index contributed by atoms with van der Waals surface area (Å²) in [5, 5.41) is 11.6. The van der Waals surface area contributed by atoms with Gasteiger partial charge in [0.05, 0.1) is 26.8 Å². The van der Waals surface area contributed by atoms with Gasteiger partial charge in [0.2, 0.25) is 0 Å². The molecule has 3 heterocycles. The smallest absolute Gasteiger partial charge is 0.280 e. The van der Waals surface area contributed by atoms with Gasteiger partial charge in [0.25, 0.3) is 11.2 Å². The Kier molecular flexibility index (Phi) is 5.90. The van der Waals surface area contributed by atoms with Crippen LogP contribution in [-0.2, 0) is 6.42 Å². The van der Waals surface area contributed by atoms with E-state index in [2.05, 4.69) is 12.1 Å². The van der Waals surface area contributed by atoms with Crippen molar-refractivity contribution in [3.63, 3.8) is 0 Å². The van der Waals surface area contributed by atoms with E-state index in [9.17, 15) is 19.3 Å². The SMILES string of the molecule is Cc1ccc(-c2ccc(/C=c3/sc4n(c3=O)[C@@H](c3ccc(F)cc3)C3=C(N=4)c4ccccc4CC3)o2)c([N+](=O)[O-])c1. The third-order valence-corrected chi connectivity index (χ3v) is 8.56. The van der Waals surface area contributed by atoms with Crippen LogP contribution in [0.3, 0.4) is 0 Å². The first-order valence-corrected chi connectivity index (χ1v) is 13.9. The average molecular weight is 564 g/mol. The maximum atomic E-state index is 13.9. The van der Waals surface area contributed by atoms with Crippen LogP contribution in [0.15, 0.2) is 98.6 Å². The normalized spacial score (nSPS) is 16.1. The van der Waals surface area contributed by atoms with Crippen LogP contribution in [0.1, 0.15) is 40.5 Å². The number of thiazole rings is 1. The summed E-state index contributed by atoms with van der Waals surface area (Å²) in [5.74, 6) is 0.395. The molecule has 9 heteroatoms. The monoisotopic (exact) mass is 563 g/mol. The van der Waals surface area contributed by atoms with Crippen molar-refractivity contribution in [3.8, 4) is 11.3 Å². The summed E-state index contributed by atoms with van der Waals surface area (Å²) in [7, 11) is 0. The molecule has 202 valence electrons. The molecule has 0 radical (unpaired) electrons. The standard InChI is InChI=1S/C32H22FN3O4S/c1-18-6-13-24(26(16-18)36(38)39)27-15-12-22(40-27)17-28-31(37)35-30(20-7-10-21(33)11-8-20)25-14-9-19-4-2-3-5-23(19)29(25)34-32(35)41-28/h2-8,10-13,15-17,30H,9,14H2,1H3/b28-17+/t30-/m0/s1. The summed E-state index contributed by atoms with van der Waals surface area (Å²) in [4.78, 5) is 30.6. The van der Waals surface area contributed by atoms with Gasteiger partial charge in [-0.1, -0.05) is 53.8 Å². The quantitative estimate of drug-likeness (QED) is 0.200. The summed E-state index contributed by atoms with van der Waals surface area (Å²) < 4.78 is 21.9. The highest BCUT2D eigenvalue weighted by Gasteiger charge is 2.32. The van der Waals surface area contributed by atoms with E-state index in [4.69, 9.17) is 9.41 Å². The van der Waals surface area contributed by atoms with Crippen molar-refractivity contribution in [2.24, 2.45) is 4.99 Å². The number of nitrogens with zero attached hydrogens (tertiary/aromatic N) is 3. The minimum absolute atomic E-state index is 0.0459. The van der Waals surface area contributed by atoms with Crippen LogP contribution < -0.4 is 14.9 Å². The number of furan rings is 1. The van der Waals surface area contributed by atoms with E-state index < -0.39 is 11.0 Å². The molecule has 0 saturated heterocycles. The van der Waals surface area contributed by atoms with Crippen molar-refractivity contribution in [1.29, 1.82) is 0 Å². The predicted octanol–water partition coefficient (Wildman–Crippen LogP) is 5.93. The first-order chi connectivity index (χ1) is 19.9. The van der Waals surface area contributed by atoms with E-state index in [0.29, 0.717) is 26.4 Å². The largest absolute Gasteiger partial charge is 0.456 e. The molecule has 2 aromatic heterocycles. The van der Waals surface area contributed by atoms with Gasteiger partial charge in [0, 0.05) is 17.7 Å². The number of benzene rings is 3. The summed E-state index contributed by atoms with van der Waals surface area (Å²) in [6.45, 7) is 1.79. The van der Waals surface area contributed by atoms with E-state index in [1.54, 1.807) is 54.0 Å². The fourth-order valence-electron chi connectivity index (χ4n) is 5.67. The molecule has 41 heavy (non-hydrogen) atoms. The number of hydrogen-bond donors (Lipinski definition) is 0. The highest BCUT2D eigenvalue weighted by Crippen LogP contribution is 2.41. The highest BCUT2D eigenvalue weighted by atomic mass is 32.1. The molecule has 2 aliphatic rings. The van der Waals surface area contributed by atoms with E-state index >= 15 is 0 Å². The molecule has 0 amide bonds. The Morgan fingerprint density at radius 2 is 1.85 bits per heavy atom. The Hall–Kier alpha value is -4.89. The topological polar surface area (TPSA) is 90.6 Å². The zero-order chi connectivity index (χ0) is 28.2. The summed E-state index contributed by atoms with van der Waals surface area (Å²) in [5.41, 5.74) is 5.83. The van der Waals surface area contributed by atoms with Crippen molar-refractivity contribution in [1.82, 2.24) is 4.57 Å². The molecule has 0 fully saturated rings. The van der Waals surface area contributed by atoms with Gasteiger partial charge >= 0.3 is 0 Å². The molecule has 1 aliphatic carbocycles. The molecular formula is C32H22FN3O4S. The van der Waals surface area contributed by atoms with Gasteiger partial charge in [0.15, 0.2) is 4.80 Å². The minimum Gasteiger partial charge on any atom is -0.456 e. The maximum Gasteiger partial charge on any atom is 0.280 e. The predicted molar refractivity (Wildman–Crippen MR) is 155 cm³/mol. The molecule has 0 unspecified atom stereocenters. The second-order valence-corrected chi connectivity index (χ2v) is 11.2. The van der Waals surface area contributed by atoms with Crippen LogP contribution in [0.2, 0.25) is 0 Å². The average Bonchev–Trinajstić information content (AvgIpc) is 3.56. The molecule has 5 aromatic rings. The second-order valence-electron chi connectivity index (χ2n) is 10.1. The maximum absolute atomic E-state index is 13.9. The molecule has 0 saturated carbocycles. The van der Waals surface area contributed by atoms with Gasteiger partial charge in [0.1, 0.15) is 17.3 Å². The molecule has 3 aromatic carbocycles. The molecule has 0 N–H and O–H groups in total. The number of halogens is 1.